The first-order valence-corrected chi connectivity index (χ1v) is 23.1. The molecule has 0 saturated carbocycles. The number of allylic oxidation sites excluding steroid dienone is 2. The summed E-state index contributed by atoms with van der Waals surface area (Å²) in [7, 11) is 0. The molecule has 7 aromatic carbocycles. The molecule has 0 unspecified atom stereocenters. The van der Waals surface area contributed by atoms with E-state index in [2.05, 4.69) is 261 Å². The minimum Gasteiger partial charge on any atom is -0.353 e. The van der Waals surface area contributed by atoms with Crippen molar-refractivity contribution >= 4 is 22.4 Å². The van der Waals surface area contributed by atoms with Crippen LogP contribution in [0, 0.1) is 0 Å². The topological polar surface area (TPSA) is 28.1 Å². The lowest BCUT2D eigenvalue weighted by Crippen LogP contribution is -2.11. The monoisotopic (exact) mass is 844 g/mol. The lowest BCUT2D eigenvalue weighted by atomic mass is 9.82. The van der Waals surface area contributed by atoms with Crippen molar-refractivity contribution in [1.29, 1.82) is 0 Å². The summed E-state index contributed by atoms with van der Waals surface area (Å²) in [5.41, 5.74) is 21.2. The number of nitrogens with zero attached hydrogens (tertiary/aromatic N) is 1. The molecule has 1 aromatic heterocycles. The van der Waals surface area contributed by atoms with Gasteiger partial charge in [-0.3, -0.25) is 0 Å². The Bertz CT molecular complexity index is 3030. The fourth-order valence-electron chi connectivity index (χ4n) is 9.11. The number of H-pyrrole nitrogens is 1. The zero-order valence-electron chi connectivity index (χ0n) is 39.4. The van der Waals surface area contributed by atoms with Crippen LogP contribution in [0.15, 0.2) is 205 Å². The second kappa shape index (κ2) is 17.2. The molecule has 0 bridgehead atoms. The first-order chi connectivity index (χ1) is 31.2. The van der Waals surface area contributed by atoms with Crippen LogP contribution in [0.25, 0.3) is 50.2 Å². The maximum atomic E-state index is 5.94. The van der Waals surface area contributed by atoms with Gasteiger partial charge in [-0.2, -0.15) is 0 Å². The molecule has 1 aliphatic heterocycles. The van der Waals surface area contributed by atoms with Gasteiger partial charge in [0.25, 0.3) is 0 Å². The highest BCUT2D eigenvalue weighted by Crippen LogP contribution is 2.51. The zero-order valence-corrected chi connectivity index (χ0v) is 39.4. The van der Waals surface area contributed by atoms with Crippen molar-refractivity contribution in [2.45, 2.75) is 78.6 Å². The average Bonchev–Trinajstić information content (AvgIpc) is 3.90. The molecule has 0 saturated heterocycles. The lowest BCUT2D eigenvalue weighted by Gasteiger charge is -2.22. The van der Waals surface area contributed by atoms with Gasteiger partial charge in [0, 0.05) is 33.4 Å². The molecule has 0 atom stereocenters. The van der Waals surface area contributed by atoms with Gasteiger partial charge >= 0.3 is 0 Å². The number of hydrogen-bond donors (Lipinski definition) is 1. The highest BCUT2D eigenvalue weighted by atomic mass is 14.8. The summed E-state index contributed by atoms with van der Waals surface area (Å²) in [5.74, 6) is 0. The SMILES string of the molecule is CC(C)(C)c1ccc(C2=C(c3ccccc3)C(c3ccccc3)=N/C2=C(/c2ccc(C(C)(C)C)cc2)c2[nH]c(-c3ccccc3)c(-c3ccccc3)c2-c2ccc(C(C)(C)C)cc2)cc1. The van der Waals surface area contributed by atoms with E-state index in [1.807, 2.05) is 0 Å². The summed E-state index contributed by atoms with van der Waals surface area (Å²) in [6.07, 6.45) is 0. The molecule has 0 fully saturated rings. The fourth-order valence-corrected chi connectivity index (χ4v) is 9.11. The second-order valence-electron chi connectivity index (χ2n) is 20.5. The largest absolute Gasteiger partial charge is 0.353 e. The third-order valence-electron chi connectivity index (χ3n) is 12.8. The van der Waals surface area contributed by atoms with Gasteiger partial charge in [0.1, 0.15) is 0 Å². The minimum atomic E-state index is -0.0223. The van der Waals surface area contributed by atoms with E-state index in [0.717, 1.165) is 89.6 Å². The molecular formula is C63H60N2. The Morgan fingerprint density at radius 3 is 1.18 bits per heavy atom. The first kappa shape index (κ1) is 43.2. The summed E-state index contributed by atoms with van der Waals surface area (Å²) in [5, 5.41) is 0. The maximum absolute atomic E-state index is 5.94. The number of aliphatic imine (C=N–C) groups is 1. The minimum absolute atomic E-state index is 0.00137. The van der Waals surface area contributed by atoms with E-state index < -0.39 is 0 Å². The quantitative estimate of drug-likeness (QED) is 0.158. The molecule has 1 aliphatic rings. The Hall–Kier alpha value is -7.03. The van der Waals surface area contributed by atoms with E-state index in [0.29, 0.717) is 0 Å². The van der Waals surface area contributed by atoms with Gasteiger partial charge in [0.15, 0.2) is 0 Å². The Labute approximate surface area is 387 Å². The molecule has 65 heavy (non-hydrogen) atoms. The van der Waals surface area contributed by atoms with Gasteiger partial charge < -0.3 is 4.98 Å². The molecule has 0 aliphatic carbocycles. The predicted octanol–water partition coefficient (Wildman–Crippen LogP) is 16.8. The van der Waals surface area contributed by atoms with Crippen LogP contribution < -0.4 is 0 Å². The molecule has 8 aromatic rings. The van der Waals surface area contributed by atoms with Crippen molar-refractivity contribution in [3.63, 3.8) is 0 Å². The van der Waals surface area contributed by atoms with Gasteiger partial charge in [-0.05, 0) is 66.3 Å². The molecule has 2 nitrogen and oxygen atoms in total. The van der Waals surface area contributed by atoms with Gasteiger partial charge in [-0.25, -0.2) is 4.99 Å². The maximum Gasteiger partial charge on any atom is 0.0822 e. The molecule has 2 heterocycles. The van der Waals surface area contributed by atoms with Crippen LogP contribution in [-0.2, 0) is 16.2 Å². The van der Waals surface area contributed by atoms with Crippen LogP contribution in [0.2, 0.25) is 0 Å². The normalized spacial score (nSPS) is 14.1. The smallest absolute Gasteiger partial charge is 0.0822 e. The zero-order chi connectivity index (χ0) is 45.5. The van der Waals surface area contributed by atoms with Crippen molar-refractivity contribution < 1.29 is 0 Å². The number of aromatic nitrogens is 1. The Morgan fingerprint density at radius 1 is 0.354 bits per heavy atom. The number of rotatable bonds is 8. The van der Waals surface area contributed by atoms with E-state index in [1.165, 1.54) is 16.7 Å². The van der Waals surface area contributed by atoms with E-state index in [1.54, 1.807) is 0 Å². The van der Waals surface area contributed by atoms with E-state index in [9.17, 15) is 0 Å². The van der Waals surface area contributed by atoms with Gasteiger partial charge in [-0.1, -0.05) is 256 Å². The molecule has 0 spiro atoms. The van der Waals surface area contributed by atoms with Crippen molar-refractivity contribution in [3.05, 3.63) is 244 Å². The Kier molecular flexibility index (Phi) is 11.4. The Morgan fingerprint density at radius 2 is 0.723 bits per heavy atom. The molecule has 9 rings (SSSR count). The number of benzene rings is 7. The van der Waals surface area contributed by atoms with Crippen LogP contribution in [0.4, 0.5) is 0 Å². The molecule has 322 valence electrons. The van der Waals surface area contributed by atoms with Crippen molar-refractivity contribution in [2.75, 3.05) is 0 Å². The van der Waals surface area contributed by atoms with Crippen LogP contribution in [0.5, 0.6) is 0 Å². The Balaban J connectivity index is 1.49. The number of hydrogen-bond acceptors (Lipinski definition) is 1. The highest BCUT2D eigenvalue weighted by Gasteiger charge is 2.34. The van der Waals surface area contributed by atoms with Crippen LogP contribution in [0.3, 0.4) is 0 Å². The van der Waals surface area contributed by atoms with Crippen LogP contribution >= 0.6 is 0 Å². The summed E-state index contributed by atoms with van der Waals surface area (Å²) in [6.45, 7) is 20.5. The predicted molar refractivity (Wildman–Crippen MR) is 278 cm³/mol. The summed E-state index contributed by atoms with van der Waals surface area (Å²) in [4.78, 5) is 10.1. The van der Waals surface area contributed by atoms with E-state index >= 15 is 0 Å². The van der Waals surface area contributed by atoms with Crippen molar-refractivity contribution in [1.82, 2.24) is 4.98 Å². The number of aromatic amines is 1. The lowest BCUT2D eigenvalue weighted by molar-refractivity contribution is 0.590. The summed E-state index contributed by atoms with van der Waals surface area (Å²) >= 11 is 0. The molecule has 0 radical (unpaired) electrons. The molecule has 0 amide bonds. The van der Waals surface area contributed by atoms with Gasteiger partial charge in [0.05, 0.1) is 22.8 Å². The highest BCUT2D eigenvalue weighted by molar-refractivity contribution is 6.42. The number of nitrogens with one attached hydrogen (secondary N) is 1. The molecular weight excluding hydrogens is 785 g/mol. The molecule has 1 N–H and O–H groups in total. The third-order valence-corrected chi connectivity index (χ3v) is 12.8. The summed E-state index contributed by atoms with van der Waals surface area (Å²) in [6, 6.07) is 71.0. The average molecular weight is 845 g/mol. The second-order valence-corrected chi connectivity index (χ2v) is 20.5. The van der Waals surface area contributed by atoms with Crippen LogP contribution in [-0.4, -0.2) is 10.7 Å². The fraction of sp³-hybridized carbons (Fsp3) is 0.190. The van der Waals surface area contributed by atoms with Crippen molar-refractivity contribution in [3.8, 4) is 33.5 Å². The van der Waals surface area contributed by atoms with E-state index in [4.69, 9.17) is 4.99 Å². The van der Waals surface area contributed by atoms with Gasteiger partial charge in [-0.15, -0.1) is 0 Å². The first-order valence-electron chi connectivity index (χ1n) is 23.1. The standard InChI is InChI=1S/C63H60N2/c1-61(2,3)49-36-30-44(31-37-49)54-52(42-22-14-10-15-23-42)57(47-26-18-12-19-27-47)64-59(54)56(46-34-40-51(41-35-46)63(7,8)9)60-55(45-32-38-50(39-33-45)62(4,5)6)53(43-24-16-11-17-25-43)58(65-60)48-28-20-13-21-29-48/h10-41,64H,1-9H3/b60-56-. The van der Waals surface area contributed by atoms with E-state index in [-0.39, 0.29) is 16.2 Å². The van der Waals surface area contributed by atoms with Crippen LogP contribution in [0.1, 0.15) is 107 Å². The van der Waals surface area contributed by atoms with Crippen molar-refractivity contribution in [2.24, 2.45) is 4.99 Å². The molecule has 2 heteroatoms. The summed E-state index contributed by atoms with van der Waals surface area (Å²) < 4.78 is 0. The third kappa shape index (κ3) is 8.66. The van der Waals surface area contributed by atoms with Gasteiger partial charge in [0.2, 0.25) is 0 Å².